The lowest BCUT2D eigenvalue weighted by atomic mass is 10.0. The molecule has 0 aromatic rings. The van der Waals surface area contributed by atoms with Gasteiger partial charge in [-0.25, -0.2) is 0 Å². The quantitative estimate of drug-likeness (QED) is 0.574. The van der Waals surface area contributed by atoms with Crippen molar-refractivity contribution in [2.45, 2.75) is 32.8 Å². The van der Waals surface area contributed by atoms with Gasteiger partial charge in [-0.1, -0.05) is 26.3 Å². The third kappa shape index (κ3) is 4.22. The standard InChI is InChI=1S/C8H16O/c1-4-7(3)6-8(9)5-2/h5,7-9H,2,4,6H2,1,3H3/t7-,8?/m0/s1. The average molecular weight is 128 g/mol. The van der Waals surface area contributed by atoms with Crippen molar-refractivity contribution >= 4 is 0 Å². The lowest BCUT2D eigenvalue weighted by Crippen LogP contribution is -2.07. The Hall–Kier alpha value is -0.300. The van der Waals surface area contributed by atoms with Crippen LogP contribution in [0.3, 0.4) is 0 Å². The van der Waals surface area contributed by atoms with Crippen molar-refractivity contribution in [3.8, 4) is 0 Å². The molecule has 0 fully saturated rings. The van der Waals surface area contributed by atoms with Crippen molar-refractivity contribution in [1.82, 2.24) is 0 Å². The maximum Gasteiger partial charge on any atom is 0.0720 e. The Morgan fingerprint density at radius 3 is 2.56 bits per heavy atom. The molecule has 0 aromatic carbocycles. The van der Waals surface area contributed by atoms with Gasteiger partial charge in [0.1, 0.15) is 0 Å². The number of hydrogen-bond donors (Lipinski definition) is 1. The van der Waals surface area contributed by atoms with E-state index in [9.17, 15) is 0 Å². The highest BCUT2D eigenvalue weighted by molar-refractivity contribution is 4.78. The minimum absolute atomic E-state index is 0.306. The maximum absolute atomic E-state index is 9.04. The maximum atomic E-state index is 9.04. The van der Waals surface area contributed by atoms with Crippen molar-refractivity contribution in [1.29, 1.82) is 0 Å². The Bertz CT molecular complexity index is 78.6. The van der Waals surface area contributed by atoms with Crippen LogP contribution in [0.2, 0.25) is 0 Å². The number of aliphatic hydroxyl groups is 1. The van der Waals surface area contributed by atoms with E-state index < -0.39 is 0 Å². The van der Waals surface area contributed by atoms with Crippen molar-refractivity contribution in [3.63, 3.8) is 0 Å². The van der Waals surface area contributed by atoms with Crippen LogP contribution >= 0.6 is 0 Å². The summed E-state index contributed by atoms with van der Waals surface area (Å²) in [5, 5.41) is 9.04. The first kappa shape index (κ1) is 8.70. The molecule has 0 aliphatic rings. The Morgan fingerprint density at radius 2 is 2.22 bits per heavy atom. The zero-order valence-electron chi connectivity index (χ0n) is 6.30. The Balaban J connectivity index is 3.33. The van der Waals surface area contributed by atoms with Gasteiger partial charge in [0.15, 0.2) is 0 Å². The van der Waals surface area contributed by atoms with Gasteiger partial charge in [0, 0.05) is 0 Å². The molecule has 0 aromatic heterocycles. The molecule has 0 aliphatic heterocycles. The Kier molecular flexibility index (Phi) is 4.41. The van der Waals surface area contributed by atoms with Crippen LogP contribution in [0.5, 0.6) is 0 Å². The Morgan fingerprint density at radius 1 is 1.67 bits per heavy atom. The highest BCUT2D eigenvalue weighted by Crippen LogP contribution is 2.09. The number of rotatable bonds is 4. The van der Waals surface area contributed by atoms with E-state index in [-0.39, 0.29) is 6.10 Å². The molecular formula is C8H16O. The third-order valence-electron chi connectivity index (χ3n) is 1.61. The smallest absolute Gasteiger partial charge is 0.0720 e. The van der Waals surface area contributed by atoms with Crippen LogP contribution in [-0.4, -0.2) is 11.2 Å². The number of hydrogen-bond acceptors (Lipinski definition) is 1. The van der Waals surface area contributed by atoms with Gasteiger partial charge in [0.2, 0.25) is 0 Å². The summed E-state index contributed by atoms with van der Waals surface area (Å²) >= 11 is 0. The monoisotopic (exact) mass is 128 g/mol. The number of aliphatic hydroxyl groups excluding tert-OH is 1. The first-order valence-corrected chi connectivity index (χ1v) is 3.51. The predicted molar refractivity (Wildman–Crippen MR) is 40.3 cm³/mol. The second kappa shape index (κ2) is 4.57. The van der Waals surface area contributed by atoms with Crippen LogP contribution in [-0.2, 0) is 0 Å². The largest absolute Gasteiger partial charge is 0.389 e. The van der Waals surface area contributed by atoms with Crippen molar-refractivity contribution in [2.75, 3.05) is 0 Å². The van der Waals surface area contributed by atoms with E-state index in [4.69, 9.17) is 5.11 Å². The van der Waals surface area contributed by atoms with Crippen LogP contribution in [0.25, 0.3) is 0 Å². The summed E-state index contributed by atoms with van der Waals surface area (Å²) in [6.07, 6.45) is 3.26. The zero-order chi connectivity index (χ0) is 7.28. The first-order chi connectivity index (χ1) is 4.20. The molecule has 0 saturated carbocycles. The average Bonchev–Trinajstić information content (AvgIpc) is 1.87. The van der Waals surface area contributed by atoms with Gasteiger partial charge in [0.05, 0.1) is 6.10 Å². The molecule has 9 heavy (non-hydrogen) atoms. The van der Waals surface area contributed by atoms with Crippen molar-refractivity contribution < 1.29 is 5.11 Å². The predicted octanol–water partition coefficient (Wildman–Crippen LogP) is 1.97. The summed E-state index contributed by atoms with van der Waals surface area (Å²) in [6.45, 7) is 7.76. The minimum Gasteiger partial charge on any atom is -0.389 e. The molecule has 0 bridgehead atoms. The molecule has 0 rings (SSSR count). The second-order valence-corrected chi connectivity index (χ2v) is 2.55. The van der Waals surface area contributed by atoms with E-state index >= 15 is 0 Å². The van der Waals surface area contributed by atoms with Crippen LogP contribution < -0.4 is 0 Å². The van der Waals surface area contributed by atoms with Gasteiger partial charge >= 0.3 is 0 Å². The summed E-state index contributed by atoms with van der Waals surface area (Å²) in [5.74, 6) is 0.609. The van der Waals surface area contributed by atoms with E-state index in [0.717, 1.165) is 12.8 Å². The van der Waals surface area contributed by atoms with E-state index in [1.807, 2.05) is 0 Å². The molecule has 0 amide bonds. The summed E-state index contributed by atoms with van der Waals surface area (Å²) in [4.78, 5) is 0. The molecule has 1 N–H and O–H groups in total. The zero-order valence-corrected chi connectivity index (χ0v) is 6.30. The molecule has 1 heteroatoms. The van der Waals surface area contributed by atoms with Crippen molar-refractivity contribution in [2.24, 2.45) is 5.92 Å². The molecule has 0 saturated heterocycles. The van der Waals surface area contributed by atoms with Gasteiger partial charge < -0.3 is 5.11 Å². The van der Waals surface area contributed by atoms with Crippen molar-refractivity contribution in [3.05, 3.63) is 12.7 Å². The summed E-state index contributed by atoms with van der Waals surface area (Å²) < 4.78 is 0. The fourth-order valence-electron chi connectivity index (χ4n) is 0.675. The molecule has 1 unspecified atom stereocenters. The fraction of sp³-hybridized carbons (Fsp3) is 0.750. The molecule has 0 spiro atoms. The topological polar surface area (TPSA) is 20.2 Å². The van der Waals surface area contributed by atoms with E-state index in [1.54, 1.807) is 6.08 Å². The fourth-order valence-corrected chi connectivity index (χ4v) is 0.675. The normalized spacial score (nSPS) is 16.8. The molecule has 1 nitrogen and oxygen atoms in total. The first-order valence-electron chi connectivity index (χ1n) is 3.51. The van der Waals surface area contributed by atoms with Gasteiger partial charge in [0.25, 0.3) is 0 Å². The molecule has 0 heterocycles. The SMILES string of the molecule is C=CC(O)C[C@@H](C)CC. The highest BCUT2D eigenvalue weighted by Gasteiger charge is 2.03. The lowest BCUT2D eigenvalue weighted by molar-refractivity contribution is 0.190. The Labute approximate surface area is 57.4 Å². The molecular weight excluding hydrogens is 112 g/mol. The van der Waals surface area contributed by atoms with Gasteiger partial charge in [-0.15, -0.1) is 6.58 Å². The summed E-state index contributed by atoms with van der Waals surface area (Å²) in [6, 6.07) is 0. The molecule has 2 atom stereocenters. The molecule has 0 aliphatic carbocycles. The molecule has 54 valence electrons. The summed E-state index contributed by atoms with van der Waals surface area (Å²) in [5.41, 5.74) is 0. The van der Waals surface area contributed by atoms with Crippen LogP contribution in [0.1, 0.15) is 26.7 Å². The second-order valence-electron chi connectivity index (χ2n) is 2.55. The summed E-state index contributed by atoms with van der Waals surface area (Å²) in [7, 11) is 0. The van der Waals surface area contributed by atoms with E-state index in [1.165, 1.54) is 0 Å². The van der Waals surface area contributed by atoms with Crippen LogP contribution in [0.15, 0.2) is 12.7 Å². The third-order valence-corrected chi connectivity index (χ3v) is 1.61. The van der Waals surface area contributed by atoms with Crippen LogP contribution in [0.4, 0.5) is 0 Å². The van der Waals surface area contributed by atoms with E-state index in [2.05, 4.69) is 20.4 Å². The van der Waals surface area contributed by atoms with Gasteiger partial charge in [-0.3, -0.25) is 0 Å². The highest BCUT2D eigenvalue weighted by atomic mass is 16.3. The minimum atomic E-state index is -0.306. The molecule has 0 radical (unpaired) electrons. The van der Waals surface area contributed by atoms with Crippen LogP contribution in [0, 0.1) is 5.92 Å². The van der Waals surface area contributed by atoms with E-state index in [0.29, 0.717) is 5.92 Å². The lowest BCUT2D eigenvalue weighted by Gasteiger charge is -2.09. The van der Waals surface area contributed by atoms with Gasteiger partial charge in [-0.2, -0.15) is 0 Å². The van der Waals surface area contributed by atoms with Gasteiger partial charge in [-0.05, 0) is 12.3 Å².